The summed E-state index contributed by atoms with van der Waals surface area (Å²) < 4.78 is 11.6. The molecule has 2 saturated heterocycles. The molecule has 6 nitrogen and oxygen atoms in total. The number of carbonyl (C=O) groups excluding carboxylic acids is 2. The van der Waals surface area contributed by atoms with Crippen LogP contribution in [0.2, 0.25) is 5.02 Å². The van der Waals surface area contributed by atoms with E-state index < -0.39 is 5.41 Å². The molecule has 0 aliphatic carbocycles. The van der Waals surface area contributed by atoms with Crippen molar-refractivity contribution >= 4 is 23.4 Å². The van der Waals surface area contributed by atoms with Crippen molar-refractivity contribution in [3.63, 3.8) is 0 Å². The quantitative estimate of drug-likeness (QED) is 0.515. The molecule has 0 spiro atoms. The van der Waals surface area contributed by atoms with Crippen LogP contribution in [0.5, 0.6) is 11.5 Å². The van der Waals surface area contributed by atoms with Crippen LogP contribution in [0.15, 0.2) is 42.5 Å². The van der Waals surface area contributed by atoms with Crippen LogP contribution in [-0.4, -0.2) is 61.5 Å². The monoisotopic (exact) mass is 498 g/mol. The van der Waals surface area contributed by atoms with Crippen molar-refractivity contribution in [3.05, 3.63) is 58.6 Å². The lowest BCUT2D eigenvalue weighted by molar-refractivity contribution is -0.136. The number of amides is 2. The predicted octanol–water partition coefficient (Wildman–Crippen LogP) is 5.36. The van der Waals surface area contributed by atoms with Crippen LogP contribution in [0.25, 0.3) is 0 Å². The van der Waals surface area contributed by atoms with Crippen molar-refractivity contribution in [2.45, 2.75) is 45.4 Å². The Morgan fingerprint density at radius 1 is 0.971 bits per heavy atom. The molecule has 2 aliphatic heterocycles. The fraction of sp³-hybridized carbons (Fsp3) is 0.500. The molecule has 0 radical (unpaired) electrons. The first kappa shape index (κ1) is 25.4. The largest absolute Gasteiger partial charge is 0.497 e. The van der Waals surface area contributed by atoms with Crippen molar-refractivity contribution in [2.75, 3.05) is 39.9 Å². The molecule has 188 valence electrons. The number of methoxy groups -OCH3 is 1. The zero-order chi connectivity index (χ0) is 24.8. The summed E-state index contributed by atoms with van der Waals surface area (Å²) in [5, 5.41) is 0.695. The maximum Gasteiger partial charge on any atom is 0.254 e. The molecule has 0 unspecified atom stereocenters. The van der Waals surface area contributed by atoms with Crippen LogP contribution >= 0.6 is 11.6 Å². The van der Waals surface area contributed by atoms with E-state index in [1.54, 1.807) is 13.2 Å². The molecule has 7 heteroatoms. The maximum absolute atomic E-state index is 13.4. The summed E-state index contributed by atoms with van der Waals surface area (Å²) in [5.41, 5.74) is 1.09. The van der Waals surface area contributed by atoms with Gasteiger partial charge in [0, 0.05) is 48.6 Å². The fourth-order valence-corrected chi connectivity index (χ4v) is 5.27. The van der Waals surface area contributed by atoms with Gasteiger partial charge < -0.3 is 19.3 Å². The van der Waals surface area contributed by atoms with Gasteiger partial charge in [-0.2, -0.15) is 0 Å². The molecule has 0 N–H and O–H groups in total. The maximum atomic E-state index is 13.4. The minimum Gasteiger partial charge on any atom is -0.497 e. The molecule has 1 atom stereocenters. The van der Waals surface area contributed by atoms with Gasteiger partial charge in [0.2, 0.25) is 5.91 Å². The number of ether oxygens (including phenoxy) is 2. The number of rotatable bonds is 7. The number of piperidine rings is 2. The SMILES string of the molecule is COc1cccc(C(=O)N2CCC[C@@](COc3ccc(Cl)c(C)c3)(CC(=O)N3CCCCC3)C2)c1. The van der Waals surface area contributed by atoms with E-state index in [0.29, 0.717) is 42.5 Å². The molecule has 35 heavy (non-hydrogen) atoms. The van der Waals surface area contributed by atoms with E-state index in [9.17, 15) is 9.59 Å². The highest BCUT2D eigenvalue weighted by molar-refractivity contribution is 6.31. The summed E-state index contributed by atoms with van der Waals surface area (Å²) >= 11 is 6.19. The Bertz CT molecular complexity index is 1050. The molecule has 2 aromatic rings. The average Bonchev–Trinajstić information content (AvgIpc) is 2.89. The number of hydrogen-bond donors (Lipinski definition) is 0. The molecule has 2 heterocycles. The molecule has 2 fully saturated rings. The highest BCUT2D eigenvalue weighted by Crippen LogP contribution is 2.36. The summed E-state index contributed by atoms with van der Waals surface area (Å²) in [6.07, 6.45) is 5.32. The second-order valence-electron chi connectivity index (χ2n) is 9.88. The number of benzene rings is 2. The van der Waals surface area contributed by atoms with Crippen molar-refractivity contribution < 1.29 is 19.1 Å². The summed E-state index contributed by atoms with van der Waals surface area (Å²) in [6, 6.07) is 12.8. The standard InChI is InChI=1S/C28H35ClN2O4/c1-21-16-24(10-11-25(21)29)35-20-28(18-26(32)30-13-4-3-5-14-30)12-7-15-31(19-28)27(33)22-8-6-9-23(17-22)34-2/h6,8-11,16-17H,3-5,7,12-15,18-20H2,1-2H3/t28-/m1/s1. The third-order valence-electron chi connectivity index (χ3n) is 7.17. The Hall–Kier alpha value is -2.73. The topological polar surface area (TPSA) is 59.1 Å². The third-order valence-corrected chi connectivity index (χ3v) is 7.60. The summed E-state index contributed by atoms with van der Waals surface area (Å²) in [6.45, 7) is 5.09. The normalized spacial score (nSPS) is 20.4. The number of nitrogens with zero attached hydrogens (tertiary/aromatic N) is 2. The van der Waals surface area contributed by atoms with E-state index in [1.807, 2.05) is 53.1 Å². The van der Waals surface area contributed by atoms with Gasteiger partial charge in [-0.05, 0) is 81.0 Å². The van der Waals surface area contributed by atoms with Crippen LogP contribution in [-0.2, 0) is 4.79 Å². The third kappa shape index (κ3) is 6.29. The molecule has 2 amide bonds. The molecule has 4 rings (SSSR count). The van der Waals surface area contributed by atoms with Gasteiger partial charge in [-0.25, -0.2) is 0 Å². The summed E-state index contributed by atoms with van der Waals surface area (Å²) in [5.74, 6) is 1.51. The fourth-order valence-electron chi connectivity index (χ4n) is 5.15. The second kappa shape index (κ2) is 11.3. The van der Waals surface area contributed by atoms with Crippen molar-refractivity contribution in [1.82, 2.24) is 9.80 Å². The smallest absolute Gasteiger partial charge is 0.254 e. The van der Waals surface area contributed by atoms with Gasteiger partial charge in [0.1, 0.15) is 11.5 Å². The first-order valence-electron chi connectivity index (χ1n) is 12.5. The van der Waals surface area contributed by atoms with Crippen LogP contribution in [0, 0.1) is 12.3 Å². The predicted molar refractivity (Wildman–Crippen MR) is 137 cm³/mol. The van der Waals surface area contributed by atoms with Crippen LogP contribution in [0.4, 0.5) is 0 Å². The number of carbonyl (C=O) groups is 2. The Labute approximate surface area is 213 Å². The lowest BCUT2D eigenvalue weighted by Gasteiger charge is -2.43. The highest BCUT2D eigenvalue weighted by atomic mass is 35.5. The zero-order valence-electron chi connectivity index (χ0n) is 20.7. The van der Waals surface area contributed by atoms with Crippen LogP contribution in [0.3, 0.4) is 0 Å². The Kier molecular flexibility index (Phi) is 8.22. The molecular formula is C28H35ClN2O4. The number of aryl methyl sites for hydroxylation is 1. The van der Waals surface area contributed by atoms with E-state index in [1.165, 1.54) is 6.42 Å². The van der Waals surface area contributed by atoms with Crippen molar-refractivity contribution in [1.29, 1.82) is 0 Å². The molecular weight excluding hydrogens is 464 g/mol. The zero-order valence-corrected chi connectivity index (χ0v) is 21.5. The summed E-state index contributed by atoms with van der Waals surface area (Å²) in [7, 11) is 1.59. The van der Waals surface area contributed by atoms with E-state index >= 15 is 0 Å². The number of halogens is 1. The van der Waals surface area contributed by atoms with Crippen LogP contribution < -0.4 is 9.47 Å². The van der Waals surface area contributed by atoms with E-state index in [4.69, 9.17) is 21.1 Å². The van der Waals surface area contributed by atoms with Gasteiger partial charge in [-0.15, -0.1) is 0 Å². The Morgan fingerprint density at radius 3 is 2.49 bits per heavy atom. The van der Waals surface area contributed by atoms with E-state index in [-0.39, 0.29) is 11.8 Å². The van der Waals surface area contributed by atoms with E-state index in [2.05, 4.69) is 0 Å². The number of likely N-dealkylation sites (tertiary alicyclic amines) is 2. The number of hydrogen-bond acceptors (Lipinski definition) is 4. The molecule has 2 aliphatic rings. The summed E-state index contributed by atoms with van der Waals surface area (Å²) in [4.78, 5) is 30.6. The highest BCUT2D eigenvalue weighted by Gasteiger charge is 2.41. The van der Waals surface area contributed by atoms with Crippen LogP contribution in [0.1, 0.15) is 54.4 Å². The lowest BCUT2D eigenvalue weighted by atomic mass is 9.77. The molecule has 2 aromatic carbocycles. The molecule has 0 bridgehead atoms. The van der Waals surface area contributed by atoms with Gasteiger partial charge in [0.25, 0.3) is 5.91 Å². The Balaban J connectivity index is 1.54. The average molecular weight is 499 g/mol. The minimum absolute atomic E-state index is 0.0410. The Morgan fingerprint density at radius 2 is 1.74 bits per heavy atom. The van der Waals surface area contributed by atoms with E-state index in [0.717, 1.165) is 50.1 Å². The lowest BCUT2D eigenvalue weighted by Crippen LogP contribution is -2.51. The first-order chi connectivity index (χ1) is 16.9. The van der Waals surface area contributed by atoms with Gasteiger partial charge in [0.05, 0.1) is 13.7 Å². The van der Waals surface area contributed by atoms with Gasteiger partial charge in [0.15, 0.2) is 0 Å². The molecule has 0 saturated carbocycles. The van der Waals surface area contributed by atoms with Crippen molar-refractivity contribution in [2.24, 2.45) is 5.41 Å². The minimum atomic E-state index is -0.450. The van der Waals surface area contributed by atoms with Gasteiger partial charge >= 0.3 is 0 Å². The van der Waals surface area contributed by atoms with Gasteiger partial charge in [-0.3, -0.25) is 9.59 Å². The first-order valence-corrected chi connectivity index (χ1v) is 12.9. The van der Waals surface area contributed by atoms with Gasteiger partial charge in [-0.1, -0.05) is 17.7 Å². The molecule has 0 aromatic heterocycles. The van der Waals surface area contributed by atoms with Crippen molar-refractivity contribution in [3.8, 4) is 11.5 Å². The second-order valence-corrected chi connectivity index (χ2v) is 10.3.